The van der Waals surface area contributed by atoms with E-state index in [0.717, 1.165) is 22.3 Å². The molecule has 1 aliphatic carbocycles. The van der Waals surface area contributed by atoms with E-state index >= 15 is 0 Å². The van der Waals surface area contributed by atoms with E-state index in [4.69, 9.17) is 4.74 Å². The lowest BCUT2D eigenvalue weighted by atomic mass is 9.95. The van der Waals surface area contributed by atoms with Crippen molar-refractivity contribution in [2.75, 3.05) is 0 Å². The van der Waals surface area contributed by atoms with E-state index in [1.165, 1.54) is 0 Å². The van der Waals surface area contributed by atoms with Crippen molar-refractivity contribution in [3.8, 4) is 5.75 Å². The highest BCUT2D eigenvalue weighted by atomic mass is 16.5. The van der Waals surface area contributed by atoms with Gasteiger partial charge in [0, 0.05) is 0 Å². The number of hydrogen-bond acceptors (Lipinski definition) is 3. The van der Waals surface area contributed by atoms with Crippen LogP contribution in [0.5, 0.6) is 5.75 Å². The molecule has 0 radical (unpaired) electrons. The van der Waals surface area contributed by atoms with Crippen molar-refractivity contribution in [1.29, 1.82) is 0 Å². The Hall–Kier alpha value is -3.11. The summed E-state index contributed by atoms with van der Waals surface area (Å²) in [6, 6.07) is 24.6. The van der Waals surface area contributed by atoms with Gasteiger partial charge in [-0.3, -0.25) is 4.79 Å². The summed E-state index contributed by atoms with van der Waals surface area (Å²) in [4.78, 5) is 11.4. The summed E-state index contributed by atoms with van der Waals surface area (Å²) in [6.07, 6.45) is 0.707. The number of aliphatic carboxylic acids is 1. The van der Waals surface area contributed by atoms with Gasteiger partial charge in [-0.1, -0.05) is 66.7 Å². The summed E-state index contributed by atoms with van der Waals surface area (Å²) in [7, 11) is 0. The fraction of sp³-hybridized carbons (Fsp3) is 0.208. The van der Waals surface area contributed by atoms with E-state index in [-0.39, 0.29) is 0 Å². The molecule has 0 heterocycles. The first-order chi connectivity index (χ1) is 13.6. The maximum atomic E-state index is 11.4. The number of carboxylic acids is 1. The van der Waals surface area contributed by atoms with Crippen molar-refractivity contribution in [3.63, 3.8) is 0 Å². The zero-order valence-electron chi connectivity index (χ0n) is 15.4. The monoisotopic (exact) mass is 374 g/mol. The minimum Gasteiger partial charge on any atom is -0.489 e. The second-order valence-electron chi connectivity index (χ2n) is 7.26. The predicted octanol–water partition coefficient (Wildman–Crippen LogP) is 4.46. The van der Waals surface area contributed by atoms with E-state index in [1.807, 2.05) is 78.9 Å². The number of benzene rings is 3. The Bertz CT molecular complexity index is 959. The van der Waals surface area contributed by atoms with Gasteiger partial charge in [-0.2, -0.15) is 0 Å². The van der Waals surface area contributed by atoms with Crippen LogP contribution in [0.1, 0.15) is 41.2 Å². The molecule has 4 rings (SSSR count). The molecule has 0 saturated heterocycles. The van der Waals surface area contributed by atoms with Crippen LogP contribution in [-0.2, 0) is 16.8 Å². The molecule has 3 aromatic carbocycles. The van der Waals surface area contributed by atoms with E-state index in [2.05, 4.69) is 0 Å². The molecule has 4 heteroatoms. The second-order valence-corrected chi connectivity index (χ2v) is 7.26. The fourth-order valence-corrected chi connectivity index (χ4v) is 3.44. The molecule has 0 aromatic heterocycles. The Balaban J connectivity index is 1.42. The van der Waals surface area contributed by atoms with Gasteiger partial charge in [0.15, 0.2) is 0 Å². The third kappa shape index (κ3) is 3.64. The average molecular weight is 374 g/mol. The number of carbonyl (C=O) groups is 1. The zero-order valence-corrected chi connectivity index (χ0v) is 15.4. The Kier molecular flexibility index (Phi) is 4.88. The van der Waals surface area contributed by atoms with Crippen molar-refractivity contribution < 1.29 is 19.7 Å². The van der Waals surface area contributed by atoms with Gasteiger partial charge in [0.05, 0.1) is 5.41 Å². The summed E-state index contributed by atoms with van der Waals surface area (Å²) in [5.41, 5.74) is 2.76. The molecular weight excluding hydrogens is 352 g/mol. The normalized spacial score (nSPS) is 15.6. The Morgan fingerprint density at radius 3 is 2.25 bits per heavy atom. The van der Waals surface area contributed by atoms with Crippen LogP contribution < -0.4 is 4.74 Å². The van der Waals surface area contributed by atoms with Gasteiger partial charge in [-0.15, -0.1) is 0 Å². The smallest absolute Gasteiger partial charge is 0.314 e. The lowest BCUT2D eigenvalue weighted by Gasteiger charge is -2.14. The van der Waals surface area contributed by atoms with Crippen LogP contribution in [0.25, 0.3) is 0 Å². The number of hydrogen-bond donors (Lipinski definition) is 2. The highest BCUT2D eigenvalue weighted by Crippen LogP contribution is 2.48. The summed E-state index contributed by atoms with van der Waals surface area (Å²) < 4.78 is 5.88. The standard InChI is InChI=1S/C24H22O4/c25-22(18-5-2-1-3-6-18)19-7-4-8-21(15-19)28-16-17-9-11-20(12-10-17)24(13-14-24)23(26)27/h1-12,15,22,25H,13-14,16H2,(H,26,27). The highest BCUT2D eigenvalue weighted by Gasteiger charge is 2.51. The molecule has 1 unspecified atom stereocenters. The molecule has 1 fully saturated rings. The third-order valence-electron chi connectivity index (χ3n) is 5.36. The van der Waals surface area contributed by atoms with Crippen LogP contribution >= 0.6 is 0 Å². The molecular formula is C24H22O4. The van der Waals surface area contributed by atoms with Crippen LogP contribution in [0.2, 0.25) is 0 Å². The van der Waals surface area contributed by atoms with Crippen molar-refractivity contribution in [1.82, 2.24) is 0 Å². The van der Waals surface area contributed by atoms with E-state index in [9.17, 15) is 15.0 Å². The lowest BCUT2D eigenvalue weighted by Crippen LogP contribution is -2.19. The van der Waals surface area contributed by atoms with Crippen LogP contribution in [0.3, 0.4) is 0 Å². The molecule has 142 valence electrons. The van der Waals surface area contributed by atoms with Crippen molar-refractivity contribution in [2.24, 2.45) is 0 Å². The van der Waals surface area contributed by atoms with Crippen LogP contribution in [0.15, 0.2) is 78.9 Å². The molecule has 1 saturated carbocycles. The molecule has 2 N–H and O–H groups in total. The van der Waals surface area contributed by atoms with E-state index < -0.39 is 17.5 Å². The van der Waals surface area contributed by atoms with Crippen LogP contribution in [-0.4, -0.2) is 16.2 Å². The van der Waals surface area contributed by atoms with Gasteiger partial charge in [-0.25, -0.2) is 0 Å². The number of carboxylic acid groups (broad SMARTS) is 1. The van der Waals surface area contributed by atoms with Gasteiger partial charge in [0.25, 0.3) is 0 Å². The van der Waals surface area contributed by atoms with Crippen molar-refractivity contribution >= 4 is 5.97 Å². The summed E-state index contributed by atoms with van der Waals surface area (Å²) in [5.74, 6) is -0.0638. The quantitative estimate of drug-likeness (QED) is 0.641. The SMILES string of the molecule is O=C(O)C1(c2ccc(COc3cccc(C(O)c4ccccc4)c3)cc2)CC1. The summed E-state index contributed by atoms with van der Waals surface area (Å²) >= 11 is 0. The van der Waals surface area contributed by atoms with E-state index in [1.54, 1.807) is 0 Å². The van der Waals surface area contributed by atoms with Gasteiger partial charge in [0.1, 0.15) is 18.5 Å². The van der Waals surface area contributed by atoms with Crippen molar-refractivity contribution in [3.05, 3.63) is 101 Å². The number of aliphatic hydroxyl groups excluding tert-OH is 1. The Labute approximate surface area is 164 Å². The van der Waals surface area contributed by atoms with Crippen LogP contribution in [0, 0.1) is 0 Å². The maximum Gasteiger partial charge on any atom is 0.314 e. The Morgan fingerprint density at radius 2 is 1.61 bits per heavy atom. The lowest BCUT2D eigenvalue weighted by molar-refractivity contribution is -0.140. The molecule has 0 aliphatic heterocycles. The molecule has 0 spiro atoms. The minimum atomic E-state index is -0.745. The molecule has 3 aromatic rings. The first kappa shape index (κ1) is 18.3. The molecule has 0 amide bonds. The van der Waals surface area contributed by atoms with Gasteiger partial charge in [-0.05, 0) is 47.2 Å². The number of ether oxygens (including phenoxy) is 1. The van der Waals surface area contributed by atoms with Gasteiger partial charge >= 0.3 is 5.97 Å². The Morgan fingerprint density at radius 1 is 0.929 bits per heavy atom. The predicted molar refractivity (Wildman–Crippen MR) is 106 cm³/mol. The maximum absolute atomic E-state index is 11.4. The summed E-state index contributed by atoms with van der Waals surface area (Å²) in [6.45, 7) is 0.380. The topological polar surface area (TPSA) is 66.8 Å². The molecule has 0 bridgehead atoms. The van der Waals surface area contributed by atoms with Gasteiger partial charge < -0.3 is 14.9 Å². The fourth-order valence-electron chi connectivity index (χ4n) is 3.44. The number of aliphatic hydroxyl groups is 1. The first-order valence-electron chi connectivity index (χ1n) is 9.37. The molecule has 28 heavy (non-hydrogen) atoms. The van der Waals surface area contributed by atoms with E-state index in [0.29, 0.717) is 25.2 Å². The van der Waals surface area contributed by atoms with Gasteiger partial charge in [0.2, 0.25) is 0 Å². The summed E-state index contributed by atoms with van der Waals surface area (Å²) in [5, 5.41) is 19.9. The minimum absolute atomic E-state index is 0.380. The highest BCUT2D eigenvalue weighted by molar-refractivity contribution is 5.84. The molecule has 4 nitrogen and oxygen atoms in total. The van der Waals surface area contributed by atoms with Crippen LogP contribution in [0.4, 0.5) is 0 Å². The number of rotatable bonds is 7. The first-order valence-corrected chi connectivity index (χ1v) is 9.37. The zero-order chi connectivity index (χ0) is 19.6. The third-order valence-corrected chi connectivity index (χ3v) is 5.36. The largest absolute Gasteiger partial charge is 0.489 e. The van der Waals surface area contributed by atoms with Crippen molar-refractivity contribution in [2.45, 2.75) is 31.0 Å². The second kappa shape index (κ2) is 7.49. The average Bonchev–Trinajstić information content (AvgIpc) is 3.55. The molecule has 1 atom stereocenters. The molecule has 1 aliphatic rings.